The number of aliphatic hydroxyl groups excluding tert-OH is 1. The molecule has 1 unspecified atom stereocenters. The minimum absolute atomic E-state index is 0.272. The maximum atomic E-state index is 12.1. The van der Waals surface area contributed by atoms with Crippen molar-refractivity contribution in [2.24, 2.45) is 0 Å². The molecule has 1 aliphatic rings. The minimum Gasteiger partial charge on any atom is -0.391 e. The highest BCUT2D eigenvalue weighted by molar-refractivity contribution is 5.97. The predicted octanol–water partition coefficient (Wildman–Crippen LogP) is 0.0744. The molecule has 6 heteroatoms. The molecule has 1 fully saturated rings. The molecule has 4 N–H and O–H groups in total. The molecular formula is C15H17N3O3. The second-order valence-electron chi connectivity index (χ2n) is 5.35. The standard InChI is InChI=1S/C15H17N3O3/c1-8(19)13-15(21)17-12(14(20)18-13)6-9-7-16-11-5-3-2-4-10(9)11/h2-5,7-8,12-13,16,19H,6H2,1H3,(H,17,21)(H,18,20)/t8-,12+,13?/m1/s1. The van der Waals surface area contributed by atoms with Gasteiger partial charge in [0, 0.05) is 23.5 Å². The Balaban J connectivity index is 1.79. The van der Waals surface area contributed by atoms with Crippen molar-refractivity contribution in [3.8, 4) is 0 Å². The first kappa shape index (κ1) is 13.6. The van der Waals surface area contributed by atoms with Gasteiger partial charge in [-0.3, -0.25) is 9.59 Å². The van der Waals surface area contributed by atoms with Gasteiger partial charge in [-0.2, -0.15) is 0 Å². The second kappa shape index (κ2) is 5.21. The third kappa shape index (κ3) is 2.50. The van der Waals surface area contributed by atoms with Crippen molar-refractivity contribution in [3.63, 3.8) is 0 Å². The summed E-state index contributed by atoms with van der Waals surface area (Å²) < 4.78 is 0. The summed E-state index contributed by atoms with van der Waals surface area (Å²) in [5, 5.41) is 15.7. The Kier molecular flexibility index (Phi) is 3.39. The van der Waals surface area contributed by atoms with E-state index in [1.54, 1.807) is 0 Å². The Hall–Kier alpha value is -2.34. The lowest BCUT2D eigenvalue weighted by atomic mass is 10.00. The zero-order chi connectivity index (χ0) is 15.0. The molecule has 0 spiro atoms. The van der Waals surface area contributed by atoms with Gasteiger partial charge < -0.3 is 20.7 Å². The van der Waals surface area contributed by atoms with Gasteiger partial charge in [0.2, 0.25) is 11.8 Å². The number of carbonyl (C=O) groups is 2. The van der Waals surface area contributed by atoms with Crippen molar-refractivity contribution in [1.82, 2.24) is 15.6 Å². The Bertz CT molecular complexity index is 692. The lowest BCUT2D eigenvalue weighted by Gasteiger charge is -2.30. The summed E-state index contributed by atoms with van der Waals surface area (Å²) in [5.74, 6) is -0.625. The van der Waals surface area contributed by atoms with Crippen LogP contribution in [0.1, 0.15) is 12.5 Å². The molecule has 0 radical (unpaired) electrons. The average Bonchev–Trinajstić information content (AvgIpc) is 2.85. The van der Waals surface area contributed by atoms with Gasteiger partial charge in [0.25, 0.3) is 0 Å². The molecule has 2 aromatic rings. The molecule has 110 valence electrons. The highest BCUT2D eigenvalue weighted by atomic mass is 16.3. The highest BCUT2D eigenvalue weighted by Crippen LogP contribution is 2.19. The summed E-state index contributed by atoms with van der Waals surface area (Å²) >= 11 is 0. The summed E-state index contributed by atoms with van der Waals surface area (Å²) in [6.07, 6.45) is 1.35. The predicted molar refractivity (Wildman–Crippen MR) is 77.5 cm³/mol. The van der Waals surface area contributed by atoms with Crippen LogP contribution in [0, 0.1) is 0 Å². The molecule has 3 atom stereocenters. The maximum absolute atomic E-state index is 12.1. The van der Waals surface area contributed by atoms with Gasteiger partial charge in [-0.25, -0.2) is 0 Å². The number of hydrogen-bond acceptors (Lipinski definition) is 3. The number of nitrogens with one attached hydrogen (secondary N) is 3. The Morgan fingerprint density at radius 2 is 1.95 bits per heavy atom. The number of hydrogen-bond donors (Lipinski definition) is 4. The number of benzene rings is 1. The number of piperazine rings is 1. The smallest absolute Gasteiger partial charge is 0.245 e. The fourth-order valence-electron chi connectivity index (χ4n) is 2.65. The van der Waals surface area contributed by atoms with Crippen molar-refractivity contribution in [1.29, 1.82) is 0 Å². The summed E-state index contributed by atoms with van der Waals surface area (Å²) in [7, 11) is 0. The molecule has 2 amide bonds. The molecule has 2 heterocycles. The Morgan fingerprint density at radius 3 is 2.71 bits per heavy atom. The molecule has 1 aromatic heterocycles. The largest absolute Gasteiger partial charge is 0.391 e. The maximum Gasteiger partial charge on any atom is 0.245 e. The number of para-hydroxylation sites is 1. The summed E-state index contributed by atoms with van der Waals surface area (Å²) in [5.41, 5.74) is 1.97. The van der Waals surface area contributed by atoms with Crippen LogP contribution in [0.25, 0.3) is 10.9 Å². The van der Waals surface area contributed by atoms with Gasteiger partial charge in [-0.1, -0.05) is 18.2 Å². The van der Waals surface area contributed by atoms with E-state index >= 15 is 0 Å². The quantitative estimate of drug-likeness (QED) is 0.643. The van der Waals surface area contributed by atoms with Crippen LogP contribution in [-0.4, -0.2) is 40.1 Å². The van der Waals surface area contributed by atoms with E-state index in [1.165, 1.54) is 6.92 Å². The first-order chi connectivity index (χ1) is 10.1. The van der Waals surface area contributed by atoms with Crippen LogP contribution >= 0.6 is 0 Å². The Labute approximate surface area is 121 Å². The number of H-pyrrole nitrogens is 1. The van der Waals surface area contributed by atoms with Gasteiger partial charge in [0.15, 0.2) is 0 Å². The summed E-state index contributed by atoms with van der Waals surface area (Å²) in [6.45, 7) is 1.48. The van der Waals surface area contributed by atoms with Gasteiger partial charge in [-0.15, -0.1) is 0 Å². The SMILES string of the molecule is C[C@@H](O)C1NC(=O)[C@H](Cc2c[nH]c3ccccc23)NC1=O. The third-order valence-electron chi connectivity index (χ3n) is 3.79. The number of rotatable bonds is 3. The van der Waals surface area contributed by atoms with Crippen LogP contribution in [0.2, 0.25) is 0 Å². The van der Waals surface area contributed by atoms with Crippen LogP contribution in [0.5, 0.6) is 0 Å². The number of carbonyl (C=O) groups excluding carboxylic acids is 2. The lowest BCUT2D eigenvalue weighted by molar-refractivity contribution is -0.139. The fraction of sp³-hybridized carbons (Fsp3) is 0.333. The molecule has 1 aromatic carbocycles. The normalized spacial score (nSPS) is 23.7. The molecule has 3 rings (SSSR count). The molecule has 21 heavy (non-hydrogen) atoms. The third-order valence-corrected chi connectivity index (χ3v) is 3.79. The molecule has 0 bridgehead atoms. The minimum atomic E-state index is -0.914. The molecular weight excluding hydrogens is 270 g/mol. The van der Waals surface area contributed by atoms with Gasteiger partial charge >= 0.3 is 0 Å². The van der Waals surface area contributed by atoms with E-state index in [2.05, 4.69) is 15.6 Å². The molecule has 6 nitrogen and oxygen atoms in total. The van der Waals surface area contributed by atoms with E-state index in [1.807, 2.05) is 30.5 Å². The van der Waals surface area contributed by atoms with Crippen molar-refractivity contribution in [3.05, 3.63) is 36.0 Å². The van der Waals surface area contributed by atoms with Crippen molar-refractivity contribution in [2.75, 3.05) is 0 Å². The van der Waals surface area contributed by atoms with E-state index in [0.29, 0.717) is 6.42 Å². The van der Waals surface area contributed by atoms with Crippen molar-refractivity contribution >= 4 is 22.7 Å². The van der Waals surface area contributed by atoms with E-state index in [9.17, 15) is 14.7 Å². The highest BCUT2D eigenvalue weighted by Gasteiger charge is 2.36. The van der Waals surface area contributed by atoms with E-state index in [0.717, 1.165) is 16.5 Å². The van der Waals surface area contributed by atoms with E-state index in [-0.39, 0.29) is 11.8 Å². The van der Waals surface area contributed by atoms with Gasteiger partial charge in [-0.05, 0) is 18.6 Å². The average molecular weight is 287 g/mol. The van der Waals surface area contributed by atoms with E-state index < -0.39 is 18.2 Å². The first-order valence-corrected chi connectivity index (χ1v) is 6.90. The number of aromatic amines is 1. The zero-order valence-corrected chi connectivity index (χ0v) is 11.6. The number of fused-ring (bicyclic) bond motifs is 1. The van der Waals surface area contributed by atoms with Crippen molar-refractivity contribution < 1.29 is 14.7 Å². The lowest BCUT2D eigenvalue weighted by Crippen LogP contribution is -2.65. The fourth-order valence-corrected chi connectivity index (χ4v) is 2.65. The first-order valence-electron chi connectivity index (χ1n) is 6.90. The number of amides is 2. The van der Waals surface area contributed by atoms with Gasteiger partial charge in [0.1, 0.15) is 12.1 Å². The van der Waals surface area contributed by atoms with Crippen LogP contribution in [0.15, 0.2) is 30.5 Å². The molecule has 0 aliphatic carbocycles. The van der Waals surface area contributed by atoms with Crippen molar-refractivity contribution in [2.45, 2.75) is 31.5 Å². The monoisotopic (exact) mass is 287 g/mol. The Morgan fingerprint density at radius 1 is 1.19 bits per heavy atom. The van der Waals surface area contributed by atoms with Crippen LogP contribution in [0.4, 0.5) is 0 Å². The van der Waals surface area contributed by atoms with Crippen LogP contribution < -0.4 is 10.6 Å². The number of aromatic nitrogens is 1. The number of aliphatic hydroxyl groups is 1. The van der Waals surface area contributed by atoms with Crippen LogP contribution in [0.3, 0.4) is 0 Å². The summed E-state index contributed by atoms with van der Waals surface area (Å²) in [4.78, 5) is 27.1. The molecule has 1 aliphatic heterocycles. The second-order valence-corrected chi connectivity index (χ2v) is 5.35. The van der Waals surface area contributed by atoms with E-state index in [4.69, 9.17) is 0 Å². The zero-order valence-electron chi connectivity index (χ0n) is 11.6. The molecule has 1 saturated heterocycles. The van der Waals surface area contributed by atoms with Crippen LogP contribution in [-0.2, 0) is 16.0 Å². The van der Waals surface area contributed by atoms with Gasteiger partial charge in [0.05, 0.1) is 6.10 Å². The molecule has 0 saturated carbocycles. The topological polar surface area (TPSA) is 94.2 Å². The summed E-state index contributed by atoms with van der Waals surface area (Å²) in [6, 6.07) is 6.31.